The van der Waals surface area contributed by atoms with Crippen LogP contribution in [0.15, 0.2) is 27.6 Å². The first kappa shape index (κ1) is 16.7. The third-order valence-electron chi connectivity index (χ3n) is 3.70. The average Bonchev–Trinajstić information content (AvgIpc) is 2.67. The van der Waals surface area contributed by atoms with Crippen LogP contribution in [-0.4, -0.2) is 32.6 Å². The molecule has 2 atom stereocenters. The number of benzene rings is 1. The summed E-state index contributed by atoms with van der Waals surface area (Å²) in [6.45, 7) is 4.38. The summed E-state index contributed by atoms with van der Waals surface area (Å²) in [7, 11) is 1.43. The molecule has 1 aliphatic rings. The molecule has 0 aromatic heterocycles. The van der Waals surface area contributed by atoms with Gasteiger partial charge in [0.05, 0.1) is 16.5 Å². The van der Waals surface area contributed by atoms with E-state index in [9.17, 15) is 13.2 Å². The van der Waals surface area contributed by atoms with E-state index in [1.165, 1.54) is 12.1 Å². The number of amides is 1. The van der Waals surface area contributed by atoms with Crippen molar-refractivity contribution in [1.29, 1.82) is 0 Å². The van der Waals surface area contributed by atoms with Gasteiger partial charge in [-0.2, -0.15) is 0 Å². The van der Waals surface area contributed by atoms with Crippen LogP contribution < -0.4 is 5.32 Å². The molecule has 1 fully saturated rings. The molecule has 1 amide bonds. The van der Waals surface area contributed by atoms with Crippen molar-refractivity contribution < 1.29 is 17.9 Å². The van der Waals surface area contributed by atoms with Crippen molar-refractivity contribution in [2.45, 2.75) is 36.8 Å². The van der Waals surface area contributed by atoms with E-state index in [2.05, 4.69) is 21.2 Å². The lowest BCUT2D eigenvalue weighted by molar-refractivity contribution is 0.0727. The van der Waals surface area contributed by atoms with Gasteiger partial charge in [-0.1, -0.05) is 15.9 Å². The summed E-state index contributed by atoms with van der Waals surface area (Å²) < 4.78 is 28.8. The zero-order valence-corrected chi connectivity index (χ0v) is 14.7. The molecule has 1 N–H and O–H groups in total. The number of nitrogens with one attached hydrogen (secondary N) is 1. The van der Waals surface area contributed by atoms with Gasteiger partial charge in [0.1, 0.15) is 0 Å². The van der Waals surface area contributed by atoms with Gasteiger partial charge >= 0.3 is 0 Å². The fourth-order valence-electron chi connectivity index (χ4n) is 2.17. The van der Waals surface area contributed by atoms with Gasteiger partial charge < -0.3 is 10.1 Å². The van der Waals surface area contributed by atoms with Crippen LogP contribution in [0.25, 0.3) is 0 Å². The number of ether oxygens (including phenoxy) is 1. The van der Waals surface area contributed by atoms with Crippen LogP contribution in [0, 0.1) is 0 Å². The molecule has 1 aliphatic heterocycles. The van der Waals surface area contributed by atoms with Crippen LogP contribution in [0.2, 0.25) is 0 Å². The fraction of sp³-hybridized carbons (Fsp3) is 0.462. The quantitative estimate of drug-likeness (QED) is 0.797. The lowest BCUT2D eigenvalue weighted by Gasteiger charge is -2.29. The number of halogens is 2. The maximum absolute atomic E-state index is 12.4. The number of carbonyl (C=O) groups is 1. The smallest absolute Gasteiger partial charge is 0.261 e. The molecule has 0 radical (unpaired) electrons. The van der Waals surface area contributed by atoms with Gasteiger partial charge in [-0.3, -0.25) is 4.79 Å². The minimum Gasteiger partial charge on any atom is -0.376 e. The molecule has 0 saturated carbocycles. The number of rotatable bonds is 3. The molecule has 1 heterocycles. The molecule has 2 rings (SSSR count). The second-order valence-corrected chi connectivity index (χ2v) is 8.73. The maximum Gasteiger partial charge on any atom is 0.261 e. The Morgan fingerprint density at radius 2 is 2.14 bits per heavy atom. The molecule has 1 aromatic rings. The van der Waals surface area contributed by atoms with Gasteiger partial charge in [0.2, 0.25) is 0 Å². The zero-order chi connectivity index (χ0) is 15.8. The number of carbonyl (C=O) groups excluding carboxylic acids is 1. The summed E-state index contributed by atoms with van der Waals surface area (Å²) in [4.78, 5) is 12.2. The van der Waals surface area contributed by atoms with Gasteiger partial charge in [-0.05, 0) is 38.5 Å². The Kier molecular flexibility index (Phi) is 4.68. The maximum atomic E-state index is 12.4. The predicted octanol–water partition coefficient (Wildman–Crippen LogP) is 2.67. The van der Waals surface area contributed by atoms with Crippen molar-refractivity contribution in [2.24, 2.45) is 0 Å². The molecule has 0 bridgehead atoms. The zero-order valence-electron chi connectivity index (χ0n) is 11.5. The van der Waals surface area contributed by atoms with Crippen molar-refractivity contribution >= 4 is 41.6 Å². The first-order valence-electron chi connectivity index (χ1n) is 6.31. The van der Waals surface area contributed by atoms with Crippen LogP contribution in [-0.2, 0) is 13.8 Å². The van der Waals surface area contributed by atoms with Gasteiger partial charge in [0, 0.05) is 27.3 Å². The third-order valence-corrected chi connectivity index (χ3v) is 5.49. The van der Waals surface area contributed by atoms with Crippen molar-refractivity contribution in [3.05, 3.63) is 28.2 Å². The Balaban J connectivity index is 2.30. The van der Waals surface area contributed by atoms with E-state index in [4.69, 9.17) is 15.4 Å². The largest absolute Gasteiger partial charge is 0.376 e. The predicted molar refractivity (Wildman–Crippen MR) is 83.1 cm³/mol. The van der Waals surface area contributed by atoms with Gasteiger partial charge in [0.15, 0.2) is 0 Å². The molecule has 0 aliphatic carbocycles. The number of hydrogen-bond acceptors (Lipinski definition) is 4. The molecule has 1 saturated heterocycles. The second kappa shape index (κ2) is 5.87. The summed E-state index contributed by atoms with van der Waals surface area (Å²) in [5.41, 5.74) is -0.247. The molecule has 2 unspecified atom stereocenters. The number of hydrogen-bond donors (Lipinski definition) is 1. The van der Waals surface area contributed by atoms with Crippen LogP contribution in [0.1, 0.15) is 30.6 Å². The van der Waals surface area contributed by atoms with Crippen LogP contribution in [0.5, 0.6) is 0 Å². The summed E-state index contributed by atoms with van der Waals surface area (Å²) in [5.74, 6) is -0.363. The molecule has 8 heteroatoms. The molecule has 116 valence electrons. The second-order valence-electron chi connectivity index (χ2n) is 5.25. The first-order valence-corrected chi connectivity index (χ1v) is 9.41. The van der Waals surface area contributed by atoms with Crippen LogP contribution in [0.3, 0.4) is 0 Å². The average molecular weight is 397 g/mol. The van der Waals surface area contributed by atoms with E-state index in [0.29, 0.717) is 17.5 Å². The van der Waals surface area contributed by atoms with E-state index >= 15 is 0 Å². The standard InChI is InChI=1S/C13H15BrClNO4S/c1-8-13(2,3-4-20-8)16-12(17)9-5-10(14)7-11(6-9)21(15,18)19/h5-8H,3-4H2,1-2H3,(H,16,17). The van der Waals surface area contributed by atoms with E-state index in [1.807, 2.05) is 13.8 Å². The molecule has 5 nitrogen and oxygen atoms in total. The topological polar surface area (TPSA) is 72.5 Å². The highest BCUT2D eigenvalue weighted by molar-refractivity contribution is 9.10. The Bertz CT molecular complexity index is 679. The molecular weight excluding hydrogens is 382 g/mol. The highest BCUT2D eigenvalue weighted by Crippen LogP contribution is 2.27. The van der Waals surface area contributed by atoms with Crippen molar-refractivity contribution in [3.63, 3.8) is 0 Å². The third kappa shape index (κ3) is 3.77. The molecule has 0 spiro atoms. The summed E-state index contributed by atoms with van der Waals surface area (Å²) >= 11 is 3.18. The van der Waals surface area contributed by atoms with E-state index in [0.717, 1.165) is 0 Å². The Labute approximate surface area is 136 Å². The lowest BCUT2D eigenvalue weighted by atomic mass is 9.94. The molecule has 1 aromatic carbocycles. The van der Waals surface area contributed by atoms with Crippen LogP contribution >= 0.6 is 26.6 Å². The molecular formula is C13H15BrClNO4S. The monoisotopic (exact) mass is 395 g/mol. The Morgan fingerprint density at radius 3 is 2.67 bits per heavy atom. The minimum absolute atomic E-state index is 0.107. The first-order chi connectivity index (χ1) is 9.62. The molecule has 21 heavy (non-hydrogen) atoms. The van der Waals surface area contributed by atoms with Gasteiger partial charge in [-0.15, -0.1) is 0 Å². The lowest BCUT2D eigenvalue weighted by Crippen LogP contribution is -2.50. The summed E-state index contributed by atoms with van der Waals surface area (Å²) in [6.07, 6.45) is 0.596. The van der Waals surface area contributed by atoms with Crippen molar-refractivity contribution in [3.8, 4) is 0 Å². The van der Waals surface area contributed by atoms with E-state index < -0.39 is 14.6 Å². The Hall–Kier alpha value is -0.630. The van der Waals surface area contributed by atoms with E-state index in [1.54, 1.807) is 6.07 Å². The van der Waals surface area contributed by atoms with Crippen molar-refractivity contribution in [2.75, 3.05) is 6.61 Å². The van der Waals surface area contributed by atoms with Gasteiger partial charge in [0.25, 0.3) is 15.0 Å². The minimum atomic E-state index is -3.90. The summed E-state index contributed by atoms with van der Waals surface area (Å²) in [6, 6.07) is 4.15. The van der Waals surface area contributed by atoms with E-state index in [-0.39, 0.29) is 22.5 Å². The van der Waals surface area contributed by atoms with Crippen molar-refractivity contribution in [1.82, 2.24) is 5.32 Å². The van der Waals surface area contributed by atoms with Crippen LogP contribution in [0.4, 0.5) is 0 Å². The SMILES string of the molecule is CC1OCCC1(C)NC(=O)c1cc(Br)cc(S(=O)(=O)Cl)c1. The normalized spacial score (nSPS) is 25.8. The fourth-order valence-corrected chi connectivity index (χ4v) is 3.61. The highest BCUT2D eigenvalue weighted by atomic mass is 79.9. The Morgan fingerprint density at radius 1 is 1.48 bits per heavy atom. The summed E-state index contributed by atoms with van der Waals surface area (Å²) in [5, 5.41) is 2.90. The highest BCUT2D eigenvalue weighted by Gasteiger charge is 2.38. The van der Waals surface area contributed by atoms with Gasteiger partial charge in [-0.25, -0.2) is 8.42 Å².